The molecule has 0 aliphatic rings. The van der Waals surface area contributed by atoms with Crippen LogP contribution in [0.25, 0.3) is 10.8 Å². The number of hydrogen-bond donors (Lipinski definition) is 0. The van der Waals surface area contributed by atoms with Gasteiger partial charge in [-0.2, -0.15) is 0 Å². The van der Waals surface area contributed by atoms with Crippen LogP contribution >= 0.6 is 15.9 Å². The van der Waals surface area contributed by atoms with Gasteiger partial charge in [0.25, 0.3) is 5.56 Å². The summed E-state index contributed by atoms with van der Waals surface area (Å²) in [6.07, 6.45) is 1.81. The fourth-order valence-corrected chi connectivity index (χ4v) is 2.46. The quantitative estimate of drug-likeness (QED) is 0.705. The average Bonchev–Trinajstić information content (AvgIpc) is 2.42. The van der Waals surface area contributed by atoms with Crippen molar-refractivity contribution in [2.45, 2.75) is 6.54 Å². The standard InChI is InChI=1S/C16H12BrNO/c17-15-7-8-18(16(19)10-15)11-12-5-6-13-3-1-2-4-14(13)9-12/h1-10H,11H2. The van der Waals surface area contributed by atoms with E-state index in [-0.39, 0.29) is 5.56 Å². The Morgan fingerprint density at radius 3 is 2.53 bits per heavy atom. The molecule has 3 aromatic rings. The molecular formula is C16H12BrNO. The second kappa shape index (κ2) is 5.02. The van der Waals surface area contributed by atoms with Gasteiger partial charge in [-0.1, -0.05) is 52.3 Å². The molecule has 2 aromatic carbocycles. The molecule has 0 aliphatic heterocycles. The first kappa shape index (κ1) is 12.2. The SMILES string of the molecule is O=c1cc(Br)ccn1Cc1ccc2ccccc2c1. The van der Waals surface area contributed by atoms with E-state index in [0.29, 0.717) is 6.54 Å². The van der Waals surface area contributed by atoms with Crippen molar-refractivity contribution in [3.05, 3.63) is 81.2 Å². The summed E-state index contributed by atoms with van der Waals surface area (Å²) in [6, 6.07) is 18.0. The van der Waals surface area contributed by atoms with E-state index in [0.717, 1.165) is 10.0 Å². The number of hydrogen-bond acceptors (Lipinski definition) is 1. The monoisotopic (exact) mass is 313 g/mol. The third-order valence-electron chi connectivity index (χ3n) is 3.12. The van der Waals surface area contributed by atoms with Gasteiger partial charge < -0.3 is 4.57 Å². The maximum Gasteiger partial charge on any atom is 0.251 e. The number of halogens is 1. The maximum atomic E-state index is 11.8. The summed E-state index contributed by atoms with van der Waals surface area (Å²) >= 11 is 3.30. The molecule has 0 N–H and O–H groups in total. The molecule has 2 nitrogen and oxygen atoms in total. The molecule has 0 unspecified atom stereocenters. The van der Waals surface area contributed by atoms with Crippen molar-refractivity contribution in [1.82, 2.24) is 4.57 Å². The third-order valence-corrected chi connectivity index (χ3v) is 3.62. The second-order valence-electron chi connectivity index (χ2n) is 4.49. The molecule has 3 rings (SSSR count). The van der Waals surface area contributed by atoms with E-state index >= 15 is 0 Å². The smallest absolute Gasteiger partial charge is 0.251 e. The average molecular weight is 314 g/mol. The van der Waals surface area contributed by atoms with Gasteiger partial charge in [-0.05, 0) is 28.5 Å². The Labute approximate surface area is 119 Å². The van der Waals surface area contributed by atoms with E-state index in [1.807, 2.05) is 24.4 Å². The topological polar surface area (TPSA) is 22.0 Å². The lowest BCUT2D eigenvalue weighted by Crippen LogP contribution is -2.18. The first-order valence-electron chi connectivity index (χ1n) is 6.06. The fourth-order valence-electron chi connectivity index (χ4n) is 2.15. The van der Waals surface area contributed by atoms with E-state index in [9.17, 15) is 4.79 Å². The Bertz CT molecular complexity index is 792. The van der Waals surface area contributed by atoms with Crippen molar-refractivity contribution in [3.63, 3.8) is 0 Å². The Morgan fingerprint density at radius 2 is 1.74 bits per heavy atom. The molecule has 0 saturated carbocycles. The highest BCUT2D eigenvalue weighted by atomic mass is 79.9. The van der Waals surface area contributed by atoms with Crippen LogP contribution in [0.3, 0.4) is 0 Å². The summed E-state index contributed by atoms with van der Waals surface area (Å²) in [4.78, 5) is 11.8. The van der Waals surface area contributed by atoms with Gasteiger partial charge in [0, 0.05) is 16.7 Å². The molecule has 0 bridgehead atoms. The van der Waals surface area contributed by atoms with E-state index in [4.69, 9.17) is 0 Å². The first-order valence-corrected chi connectivity index (χ1v) is 6.85. The normalized spacial score (nSPS) is 10.8. The van der Waals surface area contributed by atoms with Crippen molar-refractivity contribution in [3.8, 4) is 0 Å². The van der Waals surface area contributed by atoms with Crippen LogP contribution in [-0.2, 0) is 6.54 Å². The highest BCUT2D eigenvalue weighted by Crippen LogP contribution is 2.16. The minimum atomic E-state index is 0.00235. The van der Waals surface area contributed by atoms with Crippen molar-refractivity contribution in [2.75, 3.05) is 0 Å². The molecule has 0 atom stereocenters. The Balaban J connectivity index is 1.99. The van der Waals surface area contributed by atoms with Gasteiger partial charge in [0.05, 0.1) is 6.54 Å². The van der Waals surface area contributed by atoms with E-state index in [1.54, 1.807) is 10.6 Å². The summed E-state index contributed by atoms with van der Waals surface area (Å²) in [7, 11) is 0. The van der Waals surface area contributed by atoms with E-state index < -0.39 is 0 Å². The van der Waals surface area contributed by atoms with Crippen LogP contribution < -0.4 is 5.56 Å². The molecular weight excluding hydrogens is 302 g/mol. The zero-order valence-corrected chi connectivity index (χ0v) is 11.8. The lowest BCUT2D eigenvalue weighted by Gasteiger charge is -2.07. The van der Waals surface area contributed by atoms with Crippen molar-refractivity contribution >= 4 is 26.7 Å². The molecule has 0 amide bonds. The molecule has 1 heterocycles. The van der Waals surface area contributed by atoms with E-state index in [1.165, 1.54) is 10.8 Å². The lowest BCUT2D eigenvalue weighted by atomic mass is 10.1. The van der Waals surface area contributed by atoms with Crippen molar-refractivity contribution in [1.29, 1.82) is 0 Å². The van der Waals surface area contributed by atoms with Gasteiger partial charge in [-0.15, -0.1) is 0 Å². The molecule has 0 aliphatic carbocycles. The zero-order valence-electron chi connectivity index (χ0n) is 10.2. The van der Waals surface area contributed by atoms with Crippen molar-refractivity contribution in [2.24, 2.45) is 0 Å². The van der Waals surface area contributed by atoms with Gasteiger partial charge in [0.1, 0.15) is 0 Å². The number of pyridine rings is 1. The fraction of sp³-hybridized carbons (Fsp3) is 0.0625. The van der Waals surface area contributed by atoms with Gasteiger partial charge >= 0.3 is 0 Å². The van der Waals surface area contributed by atoms with Gasteiger partial charge in [-0.25, -0.2) is 0 Å². The molecule has 1 aromatic heterocycles. The summed E-state index contributed by atoms with van der Waals surface area (Å²) < 4.78 is 2.52. The van der Waals surface area contributed by atoms with Crippen LogP contribution in [-0.4, -0.2) is 4.57 Å². The number of rotatable bonds is 2. The molecule has 0 saturated heterocycles. The molecule has 3 heteroatoms. The van der Waals surface area contributed by atoms with Crippen LogP contribution in [0.15, 0.2) is 70.1 Å². The van der Waals surface area contributed by atoms with Gasteiger partial charge in [0.2, 0.25) is 0 Å². The summed E-state index contributed by atoms with van der Waals surface area (Å²) in [6.45, 7) is 0.594. The highest BCUT2D eigenvalue weighted by Gasteiger charge is 2.00. The van der Waals surface area contributed by atoms with Crippen LogP contribution in [0.5, 0.6) is 0 Å². The van der Waals surface area contributed by atoms with Crippen LogP contribution in [0.2, 0.25) is 0 Å². The highest BCUT2D eigenvalue weighted by molar-refractivity contribution is 9.10. The van der Waals surface area contributed by atoms with E-state index in [2.05, 4.69) is 46.3 Å². The predicted octanol–water partition coefficient (Wildman–Crippen LogP) is 3.81. The number of nitrogens with zero attached hydrogens (tertiary/aromatic N) is 1. The number of fused-ring (bicyclic) bond motifs is 1. The van der Waals surface area contributed by atoms with Crippen LogP contribution in [0.4, 0.5) is 0 Å². The third kappa shape index (κ3) is 2.61. The van der Waals surface area contributed by atoms with Crippen molar-refractivity contribution < 1.29 is 0 Å². The van der Waals surface area contributed by atoms with Crippen LogP contribution in [0.1, 0.15) is 5.56 Å². The summed E-state index contributed by atoms with van der Waals surface area (Å²) in [5.41, 5.74) is 1.13. The summed E-state index contributed by atoms with van der Waals surface area (Å²) in [5, 5.41) is 2.42. The predicted molar refractivity (Wildman–Crippen MR) is 81.5 cm³/mol. The molecule has 19 heavy (non-hydrogen) atoms. The van der Waals surface area contributed by atoms with Gasteiger partial charge in [0.15, 0.2) is 0 Å². The number of aromatic nitrogens is 1. The molecule has 94 valence electrons. The minimum Gasteiger partial charge on any atom is -0.311 e. The van der Waals surface area contributed by atoms with Gasteiger partial charge in [-0.3, -0.25) is 4.79 Å². The zero-order chi connectivity index (χ0) is 13.2. The molecule has 0 radical (unpaired) electrons. The maximum absolute atomic E-state index is 11.8. The Hall–Kier alpha value is -1.87. The summed E-state index contributed by atoms with van der Waals surface area (Å²) in [5.74, 6) is 0. The lowest BCUT2D eigenvalue weighted by molar-refractivity contribution is 0.759. The largest absolute Gasteiger partial charge is 0.311 e. The molecule has 0 spiro atoms. The van der Waals surface area contributed by atoms with Crippen LogP contribution in [0, 0.1) is 0 Å². The minimum absolute atomic E-state index is 0.00235. The molecule has 0 fully saturated rings. The second-order valence-corrected chi connectivity index (χ2v) is 5.41. The Morgan fingerprint density at radius 1 is 0.947 bits per heavy atom. The number of benzene rings is 2. The Kier molecular flexibility index (Phi) is 3.22. The first-order chi connectivity index (χ1) is 9.22.